The van der Waals surface area contributed by atoms with Crippen LogP contribution in [0.2, 0.25) is 0 Å². The van der Waals surface area contributed by atoms with Gasteiger partial charge < -0.3 is 10.4 Å². The van der Waals surface area contributed by atoms with Gasteiger partial charge in [-0.15, -0.1) is 0 Å². The van der Waals surface area contributed by atoms with Gasteiger partial charge in [0.1, 0.15) is 5.52 Å². The molecule has 1 aromatic heterocycles. The number of aliphatic hydroxyl groups is 1. The van der Waals surface area contributed by atoms with Crippen molar-refractivity contribution in [3.63, 3.8) is 0 Å². The van der Waals surface area contributed by atoms with Crippen molar-refractivity contribution in [2.24, 2.45) is 5.41 Å². The Hall–Kier alpha value is -2.21. The zero-order chi connectivity index (χ0) is 15.2. The molecule has 110 valence electrons. The number of hydrogen-bond acceptors (Lipinski definition) is 5. The Morgan fingerprint density at radius 3 is 2.81 bits per heavy atom. The predicted molar refractivity (Wildman–Crippen MR) is 80.2 cm³/mol. The van der Waals surface area contributed by atoms with E-state index < -0.39 is 4.92 Å². The van der Waals surface area contributed by atoms with Gasteiger partial charge in [-0.25, -0.2) is 0 Å². The lowest BCUT2D eigenvalue weighted by Crippen LogP contribution is -2.56. The van der Waals surface area contributed by atoms with E-state index in [4.69, 9.17) is 0 Å². The lowest BCUT2D eigenvalue weighted by molar-refractivity contribution is -0.383. The quantitative estimate of drug-likeness (QED) is 0.669. The largest absolute Gasteiger partial charge is 0.392 e. The normalized spacial score (nSPS) is 23.6. The molecule has 0 radical (unpaired) electrons. The zero-order valence-corrected chi connectivity index (χ0v) is 11.9. The molecule has 1 aliphatic rings. The van der Waals surface area contributed by atoms with Gasteiger partial charge >= 0.3 is 0 Å². The highest BCUT2D eigenvalue weighted by atomic mass is 16.6. The van der Waals surface area contributed by atoms with Gasteiger partial charge in [-0.1, -0.05) is 13.8 Å². The maximum absolute atomic E-state index is 11.1. The van der Waals surface area contributed by atoms with E-state index in [0.717, 1.165) is 5.69 Å². The van der Waals surface area contributed by atoms with Crippen LogP contribution < -0.4 is 5.32 Å². The number of non-ortho nitro benzene ring substituents is 1. The Morgan fingerprint density at radius 2 is 2.19 bits per heavy atom. The third-order valence-corrected chi connectivity index (χ3v) is 4.49. The molecule has 6 nitrogen and oxygen atoms in total. The number of nitrogens with one attached hydrogen (secondary N) is 1. The Kier molecular flexibility index (Phi) is 3.06. The molecule has 0 saturated heterocycles. The van der Waals surface area contributed by atoms with Crippen molar-refractivity contribution in [2.45, 2.75) is 32.4 Å². The second kappa shape index (κ2) is 4.66. The van der Waals surface area contributed by atoms with E-state index in [1.54, 1.807) is 24.4 Å². The Labute approximate surface area is 122 Å². The standard InChI is InChI=1S/C15H17N3O3/c1-15(2)12(8-13(15)19)17-10-5-6-11(18(20)21)9-4-3-7-16-14(9)10/h3-7,12-13,17,19H,8H2,1-2H3. The molecule has 6 heteroatoms. The molecule has 0 bridgehead atoms. The van der Waals surface area contributed by atoms with E-state index in [9.17, 15) is 15.2 Å². The summed E-state index contributed by atoms with van der Waals surface area (Å²) in [6, 6.07) is 6.70. The number of aromatic nitrogens is 1. The molecule has 0 spiro atoms. The van der Waals surface area contributed by atoms with Crippen LogP contribution >= 0.6 is 0 Å². The highest BCUT2D eigenvalue weighted by Crippen LogP contribution is 2.43. The monoisotopic (exact) mass is 287 g/mol. The molecule has 2 unspecified atom stereocenters. The first-order chi connectivity index (χ1) is 9.91. The van der Waals surface area contributed by atoms with E-state index in [-0.39, 0.29) is 23.2 Å². The second-order valence-electron chi connectivity index (χ2n) is 6.06. The first-order valence-electron chi connectivity index (χ1n) is 6.88. The van der Waals surface area contributed by atoms with E-state index in [1.807, 2.05) is 13.8 Å². The van der Waals surface area contributed by atoms with Gasteiger partial charge in [0.25, 0.3) is 5.69 Å². The molecule has 1 fully saturated rings. The first-order valence-corrected chi connectivity index (χ1v) is 6.88. The average molecular weight is 287 g/mol. The van der Waals surface area contributed by atoms with Crippen molar-refractivity contribution in [3.8, 4) is 0 Å². The van der Waals surface area contributed by atoms with Crippen LogP contribution in [-0.4, -0.2) is 27.2 Å². The van der Waals surface area contributed by atoms with Crippen molar-refractivity contribution in [2.75, 3.05) is 5.32 Å². The number of nitrogens with zero attached hydrogens (tertiary/aromatic N) is 2. The molecule has 2 atom stereocenters. The summed E-state index contributed by atoms with van der Waals surface area (Å²) < 4.78 is 0. The highest BCUT2D eigenvalue weighted by molar-refractivity contribution is 5.96. The average Bonchev–Trinajstić information content (AvgIpc) is 2.46. The fourth-order valence-corrected chi connectivity index (χ4v) is 2.77. The Morgan fingerprint density at radius 1 is 1.43 bits per heavy atom. The predicted octanol–water partition coefficient (Wildman–Crippen LogP) is 2.71. The van der Waals surface area contributed by atoms with Gasteiger partial charge in [-0.05, 0) is 24.6 Å². The van der Waals surface area contributed by atoms with Crippen LogP contribution in [0.1, 0.15) is 20.3 Å². The summed E-state index contributed by atoms with van der Waals surface area (Å²) in [5, 5.41) is 24.8. The summed E-state index contributed by atoms with van der Waals surface area (Å²) in [5.74, 6) is 0. The van der Waals surface area contributed by atoms with Crippen molar-refractivity contribution >= 4 is 22.3 Å². The number of hydrogen-bond donors (Lipinski definition) is 2. The second-order valence-corrected chi connectivity index (χ2v) is 6.06. The minimum Gasteiger partial charge on any atom is -0.392 e. The fourth-order valence-electron chi connectivity index (χ4n) is 2.77. The maximum Gasteiger partial charge on any atom is 0.278 e. The van der Waals surface area contributed by atoms with Gasteiger partial charge in [0, 0.05) is 23.7 Å². The summed E-state index contributed by atoms with van der Waals surface area (Å²) in [4.78, 5) is 15.0. The van der Waals surface area contributed by atoms with Crippen LogP contribution in [0.25, 0.3) is 10.9 Å². The van der Waals surface area contributed by atoms with Crippen LogP contribution in [0, 0.1) is 15.5 Å². The summed E-state index contributed by atoms with van der Waals surface area (Å²) in [7, 11) is 0. The molecular formula is C15H17N3O3. The molecule has 1 saturated carbocycles. The Bertz CT molecular complexity index is 714. The van der Waals surface area contributed by atoms with Crippen molar-refractivity contribution in [1.82, 2.24) is 4.98 Å². The van der Waals surface area contributed by atoms with Gasteiger partial charge in [0.05, 0.1) is 22.1 Å². The number of rotatable bonds is 3. The molecule has 0 amide bonds. The van der Waals surface area contributed by atoms with Crippen molar-refractivity contribution in [1.29, 1.82) is 0 Å². The van der Waals surface area contributed by atoms with E-state index in [1.165, 1.54) is 6.07 Å². The molecule has 1 heterocycles. The molecule has 1 aliphatic carbocycles. The molecule has 3 rings (SSSR count). The van der Waals surface area contributed by atoms with Crippen LogP contribution in [0.5, 0.6) is 0 Å². The smallest absolute Gasteiger partial charge is 0.278 e. The SMILES string of the molecule is CC1(C)C(O)CC1Nc1ccc([N+](=O)[O-])c2cccnc12. The number of anilines is 1. The topological polar surface area (TPSA) is 88.3 Å². The molecule has 2 aromatic rings. The number of pyridine rings is 1. The van der Waals surface area contributed by atoms with Crippen molar-refractivity contribution < 1.29 is 10.0 Å². The number of aliphatic hydroxyl groups excluding tert-OH is 1. The van der Waals surface area contributed by atoms with Crippen LogP contribution in [0.3, 0.4) is 0 Å². The Balaban J connectivity index is 2.01. The number of nitro benzene ring substituents is 1. The summed E-state index contributed by atoms with van der Waals surface area (Å²) in [6.07, 6.45) is 1.96. The molecular weight excluding hydrogens is 270 g/mol. The lowest BCUT2D eigenvalue weighted by Gasteiger charge is -2.49. The first kappa shape index (κ1) is 13.8. The number of nitro groups is 1. The molecule has 21 heavy (non-hydrogen) atoms. The van der Waals surface area contributed by atoms with Crippen LogP contribution in [0.15, 0.2) is 30.5 Å². The van der Waals surface area contributed by atoms with Gasteiger partial charge in [-0.2, -0.15) is 0 Å². The van der Waals surface area contributed by atoms with Crippen LogP contribution in [-0.2, 0) is 0 Å². The van der Waals surface area contributed by atoms with E-state index >= 15 is 0 Å². The third kappa shape index (κ3) is 2.12. The third-order valence-electron chi connectivity index (χ3n) is 4.49. The summed E-state index contributed by atoms with van der Waals surface area (Å²) >= 11 is 0. The van der Waals surface area contributed by atoms with Gasteiger partial charge in [-0.3, -0.25) is 15.1 Å². The molecule has 0 aliphatic heterocycles. The summed E-state index contributed by atoms with van der Waals surface area (Å²) in [6.45, 7) is 4.00. The van der Waals surface area contributed by atoms with Crippen LogP contribution in [0.4, 0.5) is 11.4 Å². The summed E-state index contributed by atoms with van der Waals surface area (Å²) in [5.41, 5.74) is 1.18. The van der Waals surface area contributed by atoms with Gasteiger partial charge in [0.2, 0.25) is 0 Å². The molecule has 1 aromatic carbocycles. The zero-order valence-electron chi connectivity index (χ0n) is 11.9. The fraction of sp³-hybridized carbons (Fsp3) is 0.400. The van der Waals surface area contributed by atoms with E-state index in [2.05, 4.69) is 10.3 Å². The maximum atomic E-state index is 11.1. The lowest BCUT2D eigenvalue weighted by atomic mass is 9.64. The molecule has 2 N–H and O–H groups in total. The highest BCUT2D eigenvalue weighted by Gasteiger charge is 2.47. The van der Waals surface area contributed by atoms with Gasteiger partial charge in [0.15, 0.2) is 0 Å². The number of fused-ring (bicyclic) bond motifs is 1. The minimum atomic E-state index is -0.398. The minimum absolute atomic E-state index is 0.0524. The number of benzene rings is 1. The van der Waals surface area contributed by atoms with Crippen molar-refractivity contribution in [3.05, 3.63) is 40.6 Å². The van der Waals surface area contributed by atoms with E-state index in [0.29, 0.717) is 17.3 Å².